The lowest BCUT2D eigenvalue weighted by molar-refractivity contribution is 0.414. The SMILES string of the molecule is COc1ccc(CCC(C)Nc2ccc(C)cc2Cl)cc1. The fourth-order valence-corrected chi connectivity index (χ4v) is 2.54. The maximum Gasteiger partial charge on any atom is 0.118 e. The Morgan fingerprint density at radius 3 is 2.48 bits per heavy atom. The number of benzene rings is 2. The first-order valence-corrected chi connectivity index (χ1v) is 7.62. The molecule has 0 bridgehead atoms. The average Bonchev–Trinajstić information content (AvgIpc) is 2.48. The van der Waals surface area contributed by atoms with Crippen molar-refractivity contribution in [2.45, 2.75) is 32.7 Å². The van der Waals surface area contributed by atoms with Crippen LogP contribution in [0.5, 0.6) is 5.75 Å². The van der Waals surface area contributed by atoms with E-state index in [9.17, 15) is 0 Å². The van der Waals surface area contributed by atoms with Gasteiger partial charge in [0.2, 0.25) is 0 Å². The second-order valence-corrected chi connectivity index (χ2v) is 5.82. The van der Waals surface area contributed by atoms with Crippen LogP contribution < -0.4 is 10.1 Å². The molecule has 2 rings (SSSR count). The van der Waals surface area contributed by atoms with Crippen LogP contribution in [0.25, 0.3) is 0 Å². The van der Waals surface area contributed by atoms with Gasteiger partial charge in [0, 0.05) is 6.04 Å². The Morgan fingerprint density at radius 2 is 1.86 bits per heavy atom. The summed E-state index contributed by atoms with van der Waals surface area (Å²) < 4.78 is 5.17. The molecule has 1 N–H and O–H groups in total. The van der Waals surface area contributed by atoms with Gasteiger partial charge in [-0.15, -0.1) is 0 Å². The maximum absolute atomic E-state index is 6.25. The zero-order valence-corrected chi connectivity index (χ0v) is 13.6. The normalized spacial score (nSPS) is 12.0. The van der Waals surface area contributed by atoms with Crippen LogP contribution >= 0.6 is 11.6 Å². The minimum Gasteiger partial charge on any atom is -0.497 e. The van der Waals surface area contributed by atoms with Gasteiger partial charge in [0.15, 0.2) is 0 Å². The monoisotopic (exact) mass is 303 g/mol. The number of halogens is 1. The fourth-order valence-electron chi connectivity index (χ4n) is 2.25. The Morgan fingerprint density at radius 1 is 1.14 bits per heavy atom. The Labute approximate surface area is 132 Å². The molecule has 0 aliphatic carbocycles. The van der Waals surface area contributed by atoms with Crippen LogP contribution in [0.15, 0.2) is 42.5 Å². The van der Waals surface area contributed by atoms with Crippen LogP contribution in [0.2, 0.25) is 5.02 Å². The molecule has 0 aliphatic heterocycles. The number of aryl methyl sites for hydroxylation is 2. The van der Waals surface area contributed by atoms with Crippen LogP contribution in [0.3, 0.4) is 0 Å². The summed E-state index contributed by atoms with van der Waals surface area (Å²) in [6.07, 6.45) is 2.08. The van der Waals surface area contributed by atoms with Crippen LogP contribution in [0.4, 0.5) is 5.69 Å². The van der Waals surface area contributed by atoms with E-state index in [1.807, 2.05) is 31.2 Å². The molecule has 0 radical (unpaired) electrons. The van der Waals surface area contributed by atoms with Gasteiger partial charge in [0.05, 0.1) is 17.8 Å². The highest BCUT2D eigenvalue weighted by Gasteiger charge is 2.06. The van der Waals surface area contributed by atoms with Crippen molar-refractivity contribution in [3.05, 3.63) is 58.6 Å². The van der Waals surface area contributed by atoms with Gasteiger partial charge in [-0.2, -0.15) is 0 Å². The molecule has 21 heavy (non-hydrogen) atoms. The van der Waals surface area contributed by atoms with Crippen molar-refractivity contribution in [3.63, 3.8) is 0 Å². The Kier molecular flexibility index (Phi) is 5.51. The van der Waals surface area contributed by atoms with Crippen molar-refractivity contribution in [2.24, 2.45) is 0 Å². The van der Waals surface area contributed by atoms with E-state index in [0.717, 1.165) is 29.3 Å². The van der Waals surface area contributed by atoms with Crippen LogP contribution in [0.1, 0.15) is 24.5 Å². The number of hydrogen-bond donors (Lipinski definition) is 1. The highest BCUT2D eigenvalue weighted by Crippen LogP contribution is 2.24. The lowest BCUT2D eigenvalue weighted by Gasteiger charge is -2.16. The number of rotatable bonds is 6. The first-order chi connectivity index (χ1) is 10.1. The molecule has 0 heterocycles. The lowest BCUT2D eigenvalue weighted by atomic mass is 10.1. The molecular formula is C18H22ClNO. The third-order valence-electron chi connectivity index (χ3n) is 3.55. The molecule has 1 atom stereocenters. The van der Waals surface area contributed by atoms with E-state index in [-0.39, 0.29) is 0 Å². The van der Waals surface area contributed by atoms with Crippen LogP contribution in [-0.4, -0.2) is 13.2 Å². The highest BCUT2D eigenvalue weighted by atomic mass is 35.5. The van der Waals surface area contributed by atoms with Gasteiger partial charge in [-0.3, -0.25) is 0 Å². The first kappa shape index (κ1) is 15.7. The first-order valence-electron chi connectivity index (χ1n) is 7.24. The van der Waals surface area contributed by atoms with Gasteiger partial charge in [0.25, 0.3) is 0 Å². The summed E-state index contributed by atoms with van der Waals surface area (Å²) in [4.78, 5) is 0. The van der Waals surface area contributed by atoms with Crippen LogP contribution in [0, 0.1) is 6.92 Å². The minimum atomic E-state index is 0.368. The molecule has 112 valence electrons. The molecule has 3 heteroatoms. The summed E-state index contributed by atoms with van der Waals surface area (Å²) in [5, 5.41) is 4.26. The molecule has 0 saturated heterocycles. The highest BCUT2D eigenvalue weighted by molar-refractivity contribution is 6.33. The summed E-state index contributed by atoms with van der Waals surface area (Å²) in [7, 11) is 1.69. The number of hydrogen-bond acceptors (Lipinski definition) is 2. The lowest BCUT2D eigenvalue weighted by Crippen LogP contribution is -2.16. The third-order valence-corrected chi connectivity index (χ3v) is 3.86. The van der Waals surface area contributed by atoms with E-state index >= 15 is 0 Å². The molecule has 2 nitrogen and oxygen atoms in total. The van der Waals surface area contributed by atoms with Crippen molar-refractivity contribution in [3.8, 4) is 5.75 Å². The third kappa shape index (κ3) is 4.68. The topological polar surface area (TPSA) is 21.3 Å². The van der Waals surface area contributed by atoms with E-state index in [0.29, 0.717) is 6.04 Å². The van der Waals surface area contributed by atoms with Crippen LogP contribution in [-0.2, 0) is 6.42 Å². The van der Waals surface area contributed by atoms with Gasteiger partial charge in [0.1, 0.15) is 5.75 Å². The van der Waals surface area contributed by atoms with Crippen molar-refractivity contribution >= 4 is 17.3 Å². The van der Waals surface area contributed by atoms with Crippen molar-refractivity contribution in [1.29, 1.82) is 0 Å². The van der Waals surface area contributed by atoms with E-state index in [2.05, 4.69) is 30.4 Å². The summed E-state index contributed by atoms with van der Waals surface area (Å²) in [5.41, 5.74) is 3.50. The molecule has 2 aromatic carbocycles. The number of nitrogens with one attached hydrogen (secondary N) is 1. The molecule has 2 aromatic rings. The quantitative estimate of drug-likeness (QED) is 0.802. The van der Waals surface area contributed by atoms with Gasteiger partial charge in [-0.1, -0.05) is 29.8 Å². The van der Waals surface area contributed by atoms with Gasteiger partial charge in [-0.05, 0) is 62.1 Å². The largest absolute Gasteiger partial charge is 0.497 e. The summed E-state index contributed by atoms with van der Waals surface area (Å²) >= 11 is 6.25. The Bertz CT molecular complexity index is 580. The molecule has 0 spiro atoms. The average molecular weight is 304 g/mol. The summed E-state index contributed by atoms with van der Waals surface area (Å²) in [6, 6.07) is 14.7. The molecule has 0 aromatic heterocycles. The number of ether oxygens (including phenoxy) is 1. The summed E-state index contributed by atoms with van der Waals surface area (Å²) in [6.45, 7) is 4.22. The molecule has 1 unspecified atom stereocenters. The predicted octanol–water partition coefficient (Wildman–Crippen LogP) is 5.09. The maximum atomic E-state index is 6.25. The van der Waals surface area contributed by atoms with E-state index in [1.165, 1.54) is 11.1 Å². The molecule has 0 amide bonds. The van der Waals surface area contributed by atoms with E-state index in [1.54, 1.807) is 7.11 Å². The van der Waals surface area contributed by atoms with Gasteiger partial charge >= 0.3 is 0 Å². The predicted molar refractivity (Wildman–Crippen MR) is 90.6 cm³/mol. The number of anilines is 1. The molecule has 0 fully saturated rings. The van der Waals surface area contributed by atoms with E-state index < -0.39 is 0 Å². The van der Waals surface area contributed by atoms with Crippen molar-refractivity contribution in [1.82, 2.24) is 0 Å². The summed E-state index contributed by atoms with van der Waals surface area (Å²) in [5.74, 6) is 0.899. The second kappa shape index (κ2) is 7.37. The Hall–Kier alpha value is -1.67. The standard InChI is InChI=1S/C18H22ClNO/c1-13-4-11-18(17(19)12-13)20-14(2)5-6-15-7-9-16(21-3)10-8-15/h4,7-12,14,20H,5-6H2,1-3H3. The second-order valence-electron chi connectivity index (χ2n) is 5.42. The number of methoxy groups -OCH3 is 1. The zero-order chi connectivity index (χ0) is 15.2. The fraction of sp³-hybridized carbons (Fsp3) is 0.333. The van der Waals surface area contributed by atoms with E-state index in [4.69, 9.17) is 16.3 Å². The molecular weight excluding hydrogens is 282 g/mol. The minimum absolute atomic E-state index is 0.368. The van der Waals surface area contributed by atoms with Crippen molar-refractivity contribution < 1.29 is 4.74 Å². The smallest absolute Gasteiger partial charge is 0.118 e. The molecule has 0 aliphatic rings. The zero-order valence-electron chi connectivity index (χ0n) is 12.8. The van der Waals surface area contributed by atoms with Gasteiger partial charge in [-0.25, -0.2) is 0 Å². The molecule has 0 saturated carbocycles. The van der Waals surface area contributed by atoms with Crippen molar-refractivity contribution in [2.75, 3.05) is 12.4 Å². The Balaban J connectivity index is 1.87. The van der Waals surface area contributed by atoms with Gasteiger partial charge < -0.3 is 10.1 Å².